The van der Waals surface area contributed by atoms with E-state index in [1.807, 2.05) is 20.0 Å². The Morgan fingerprint density at radius 3 is 2.51 bits per heavy atom. The summed E-state index contributed by atoms with van der Waals surface area (Å²) in [6, 6.07) is 9.32. The second kappa shape index (κ2) is 9.22. The zero-order chi connectivity index (χ0) is 26.7. The molecular formula is C30H39N5OS. The van der Waals surface area contributed by atoms with Crippen LogP contribution >= 0.6 is 11.3 Å². The molecule has 1 atom stereocenters. The van der Waals surface area contributed by atoms with Gasteiger partial charge >= 0.3 is 0 Å². The number of hydrogen-bond acceptors (Lipinski definition) is 5. The number of H-pyrrole nitrogens is 2. The summed E-state index contributed by atoms with van der Waals surface area (Å²) >= 11 is 1.76. The van der Waals surface area contributed by atoms with Crippen LogP contribution in [0.25, 0.3) is 38.1 Å². The summed E-state index contributed by atoms with van der Waals surface area (Å²) in [7, 11) is 2.19. The molecule has 1 aliphatic heterocycles. The monoisotopic (exact) mass is 517 g/mol. The number of nitrogens with zero attached hydrogens (tertiary/aromatic N) is 3. The molecule has 4 heterocycles. The molecule has 3 N–H and O–H groups in total. The van der Waals surface area contributed by atoms with Crippen molar-refractivity contribution in [2.45, 2.75) is 79.5 Å². The van der Waals surface area contributed by atoms with Gasteiger partial charge in [-0.1, -0.05) is 26.8 Å². The third kappa shape index (κ3) is 5.31. The highest BCUT2D eigenvalue weighted by molar-refractivity contribution is 7.20. The van der Waals surface area contributed by atoms with Crippen molar-refractivity contribution in [3.8, 4) is 11.4 Å². The standard InChI is InChI=1S/C30H39N5OS/c1-17-9-21(15-31-17)26-13-25-28(37-26)27(34-33-25)24-12-22-20(14-30(6,7)36)10-19(11-23(22)32-24)16-35(8)18(2)29(3,4)5/h10-13,15,18,32,36H,9,14,16H2,1-8H3,(H,33,34). The average Bonchev–Trinajstić information content (AvgIpc) is 3.53. The van der Waals surface area contributed by atoms with Crippen LogP contribution in [-0.4, -0.2) is 49.6 Å². The zero-order valence-electron chi connectivity index (χ0n) is 23.3. The number of aromatic nitrogens is 3. The molecule has 5 rings (SSSR count). The maximum Gasteiger partial charge on any atom is 0.126 e. The maximum atomic E-state index is 10.7. The Labute approximate surface area is 223 Å². The summed E-state index contributed by atoms with van der Waals surface area (Å²) in [6.07, 6.45) is 3.47. The highest BCUT2D eigenvalue weighted by atomic mass is 32.1. The molecule has 0 aliphatic carbocycles. The lowest BCUT2D eigenvalue weighted by atomic mass is 9.87. The van der Waals surface area contributed by atoms with Crippen LogP contribution in [0.3, 0.4) is 0 Å². The first-order valence-electron chi connectivity index (χ1n) is 13.1. The van der Waals surface area contributed by atoms with Gasteiger partial charge in [0.1, 0.15) is 5.69 Å². The summed E-state index contributed by atoms with van der Waals surface area (Å²) < 4.78 is 1.15. The van der Waals surface area contributed by atoms with Crippen LogP contribution in [0.1, 0.15) is 70.9 Å². The van der Waals surface area contributed by atoms with Crippen molar-refractivity contribution in [2.75, 3.05) is 7.05 Å². The number of aliphatic hydroxyl groups is 1. The van der Waals surface area contributed by atoms with E-state index in [9.17, 15) is 5.11 Å². The second-order valence-corrected chi connectivity index (χ2v) is 13.5. The number of aliphatic imine (C=N–C) groups is 1. The fraction of sp³-hybridized carbons (Fsp3) is 0.467. The number of hydrogen-bond donors (Lipinski definition) is 3. The molecule has 1 unspecified atom stereocenters. The smallest absolute Gasteiger partial charge is 0.126 e. The first kappa shape index (κ1) is 25.9. The molecule has 0 spiro atoms. The quantitative estimate of drug-likeness (QED) is 0.243. The van der Waals surface area contributed by atoms with Crippen molar-refractivity contribution < 1.29 is 5.11 Å². The van der Waals surface area contributed by atoms with Gasteiger partial charge in [-0.15, -0.1) is 11.3 Å². The van der Waals surface area contributed by atoms with Gasteiger partial charge in [0, 0.05) is 53.1 Å². The van der Waals surface area contributed by atoms with Crippen molar-refractivity contribution in [3.05, 3.63) is 46.5 Å². The van der Waals surface area contributed by atoms with E-state index in [1.165, 1.54) is 16.0 Å². The Morgan fingerprint density at radius 1 is 1.11 bits per heavy atom. The lowest BCUT2D eigenvalue weighted by Crippen LogP contribution is -2.38. The van der Waals surface area contributed by atoms with Crippen LogP contribution in [0.15, 0.2) is 35.5 Å². The van der Waals surface area contributed by atoms with Crippen molar-refractivity contribution in [2.24, 2.45) is 10.4 Å². The molecular weight excluding hydrogens is 478 g/mol. The van der Waals surface area contributed by atoms with Gasteiger partial charge in [-0.3, -0.25) is 15.0 Å². The van der Waals surface area contributed by atoms with Crippen LogP contribution in [0.4, 0.5) is 0 Å². The van der Waals surface area contributed by atoms with Crippen LogP contribution < -0.4 is 0 Å². The number of allylic oxidation sites excluding steroid dienone is 1. The molecule has 0 saturated heterocycles. The minimum atomic E-state index is -0.801. The minimum Gasteiger partial charge on any atom is -0.390 e. The number of thiophene rings is 1. The lowest BCUT2D eigenvalue weighted by molar-refractivity contribution is 0.0813. The molecule has 0 amide bonds. The fourth-order valence-electron chi connectivity index (χ4n) is 5.16. The van der Waals surface area contributed by atoms with E-state index in [-0.39, 0.29) is 5.41 Å². The van der Waals surface area contributed by atoms with E-state index < -0.39 is 5.60 Å². The molecule has 0 radical (unpaired) electrons. The van der Waals surface area contributed by atoms with Crippen LogP contribution in [0.5, 0.6) is 0 Å². The first-order valence-corrected chi connectivity index (χ1v) is 13.9. The summed E-state index contributed by atoms with van der Waals surface area (Å²) in [4.78, 5) is 11.8. The van der Waals surface area contributed by atoms with Crippen LogP contribution in [0, 0.1) is 5.41 Å². The van der Waals surface area contributed by atoms with Gasteiger partial charge in [0.25, 0.3) is 0 Å². The van der Waals surface area contributed by atoms with Crippen molar-refractivity contribution in [1.29, 1.82) is 0 Å². The van der Waals surface area contributed by atoms with Gasteiger partial charge in [0.05, 0.1) is 21.5 Å². The maximum absolute atomic E-state index is 10.7. The van der Waals surface area contributed by atoms with E-state index in [1.54, 1.807) is 11.3 Å². The Kier molecular flexibility index (Phi) is 6.45. The Morgan fingerprint density at radius 2 is 1.86 bits per heavy atom. The van der Waals surface area contributed by atoms with Crippen molar-refractivity contribution >= 4 is 43.7 Å². The van der Waals surface area contributed by atoms with Gasteiger partial charge in [-0.2, -0.15) is 5.10 Å². The molecule has 0 saturated carbocycles. The van der Waals surface area contributed by atoms with Gasteiger partial charge < -0.3 is 10.1 Å². The van der Waals surface area contributed by atoms with E-state index in [2.05, 4.69) is 91.0 Å². The predicted octanol–water partition coefficient (Wildman–Crippen LogP) is 7.16. The molecule has 4 aromatic rings. The Bertz CT molecular complexity index is 1520. The second-order valence-electron chi connectivity index (χ2n) is 12.5. The topological polar surface area (TPSA) is 80.3 Å². The average molecular weight is 518 g/mol. The number of rotatable bonds is 7. The summed E-state index contributed by atoms with van der Waals surface area (Å²) in [5.74, 6) is 0. The molecule has 1 aliphatic rings. The van der Waals surface area contributed by atoms with Crippen LogP contribution in [0.2, 0.25) is 0 Å². The zero-order valence-corrected chi connectivity index (χ0v) is 24.1. The van der Waals surface area contributed by atoms with Crippen LogP contribution in [-0.2, 0) is 13.0 Å². The third-order valence-corrected chi connectivity index (χ3v) is 8.76. The summed E-state index contributed by atoms with van der Waals surface area (Å²) in [6.45, 7) is 15.8. The molecule has 6 nitrogen and oxygen atoms in total. The number of benzene rings is 1. The van der Waals surface area contributed by atoms with Gasteiger partial charge in [-0.05, 0) is 75.1 Å². The number of nitrogens with one attached hydrogen (secondary N) is 2. The Balaban J connectivity index is 1.54. The van der Waals surface area contributed by atoms with Gasteiger partial charge in [0.15, 0.2) is 0 Å². The molecule has 0 fully saturated rings. The SMILES string of the molecule is CC1=NC=C(c2cc3[nH]nc(-c4cc5c(CC(C)(C)O)cc(CN(C)C(C)C(C)(C)C)cc5[nH]4)c3s2)C1. The highest BCUT2D eigenvalue weighted by Gasteiger charge is 2.25. The molecule has 7 heteroatoms. The predicted molar refractivity (Wildman–Crippen MR) is 157 cm³/mol. The summed E-state index contributed by atoms with van der Waals surface area (Å²) in [5, 5.41) is 19.8. The largest absolute Gasteiger partial charge is 0.390 e. The van der Waals surface area contributed by atoms with E-state index in [0.717, 1.165) is 56.7 Å². The fourth-order valence-corrected chi connectivity index (χ4v) is 6.28. The number of fused-ring (bicyclic) bond motifs is 2. The van der Waals surface area contributed by atoms with E-state index >= 15 is 0 Å². The molecule has 196 valence electrons. The van der Waals surface area contributed by atoms with E-state index in [0.29, 0.717) is 12.5 Å². The van der Waals surface area contributed by atoms with Crippen molar-refractivity contribution in [3.63, 3.8) is 0 Å². The molecule has 0 bridgehead atoms. The Hall–Kier alpha value is -2.74. The first-order chi connectivity index (χ1) is 17.3. The minimum absolute atomic E-state index is 0.193. The van der Waals surface area contributed by atoms with Gasteiger partial charge in [0.2, 0.25) is 0 Å². The lowest BCUT2D eigenvalue weighted by Gasteiger charge is -2.35. The van der Waals surface area contributed by atoms with E-state index in [4.69, 9.17) is 0 Å². The van der Waals surface area contributed by atoms with Crippen molar-refractivity contribution in [1.82, 2.24) is 20.1 Å². The normalized spacial score (nSPS) is 15.7. The third-order valence-electron chi connectivity index (χ3n) is 7.55. The number of aromatic amines is 2. The molecule has 3 aromatic heterocycles. The van der Waals surface area contributed by atoms with Gasteiger partial charge in [-0.25, -0.2) is 0 Å². The highest BCUT2D eigenvalue weighted by Crippen LogP contribution is 2.39. The molecule has 37 heavy (non-hydrogen) atoms. The summed E-state index contributed by atoms with van der Waals surface area (Å²) in [5.41, 5.74) is 8.27. The molecule has 1 aromatic carbocycles.